The second-order valence-corrected chi connectivity index (χ2v) is 3.57. The van der Waals surface area contributed by atoms with E-state index in [9.17, 15) is 26.3 Å². The van der Waals surface area contributed by atoms with Crippen LogP contribution in [0.3, 0.4) is 0 Å². The van der Waals surface area contributed by atoms with Crippen molar-refractivity contribution in [2.24, 2.45) is 0 Å². The molecule has 0 saturated heterocycles. The largest absolute Gasteiger partial charge is 0.399 e. The third kappa shape index (κ3) is 2.18. The van der Waals surface area contributed by atoms with E-state index in [1.165, 1.54) is 6.92 Å². The molecule has 7 heteroatoms. The van der Waals surface area contributed by atoms with Crippen molar-refractivity contribution in [1.82, 2.24) is 0 Å². The first kappa shape index (κ1) is 13.7. The predicted molar refractivity (Wildman–Crippen MR) is 50.4 cm³/mol. The molecule has 17 heavy (non-hydrogen) atoms. The normalized spacial score (nSPS) is 13.2. The van der Waals surface area contributed by atoms with Crippen LogP contribution in [0.5, 0.6) is 0 Å². The number of aryl methyl sites for hydroxylation is 1. The van der Waals surface area contributed by atoms with Gasteiger partial charge >= 0.3 is 18.3 Å². The Morgan fingerprint density at radius 3 is 2.06 bits per heavy atom. The Morgan fingerprint density at radius 1 is 1.12 bits per heavy atom. The van der Waals surface area contributed by atoms with Crippen LogP contribution in [0, 0.1) is 6.92 Å². The standard InChI is InChI=1S/C10H9F6N/c1-5-2-3-6(4-7(5)17)9(13,14)10(15,16)8(11)12/h2-4,8H,17H2,1H3. The smallest absolute Gasteiger partial charge is 0.373 e. The summed E-state index contributed by atoms with van der Waals surface area (Å²) in [5.41, 5.74) is 4.27. The van der Waals surface area contributed by atoms with E-state index in [0.717, 1.165) is 6.07 Å². The fraction of sp³-hybridized carbons (Fsp3) is 0.400. The van der Waals surface area contributed by atoms with Crippen molar-refractivity contribution < 1.29 is 26.3 Å². The molecule has 0 fully saturated rings. The molecule has 1 nitrogen and oxygen atoms in total. The monoisotopic (exact) mass is 257 g/mol. The van der Waals surface area contributed by atoms with Crippen LogP contribution in [0.15, 0.2) is 18.2 Å². The number of alkyl halides is 6. The molecule has 1 aromatic carbocycles. The fourth-order valence-corrected chi connectivity index (χ4v) is 1.17. The third-order valence-corrected chi connectivity index (χ3v) is 2.33. The van der Waals surface area contributed by atoms with Gasteiger partial charge in [0.15, 0.2) is 0 Å². The van der Waals surface area contributed by atoms with Gasteiger partial charge in [-0.3, -0.25) is 0 Å². The minimum atomic E-state index is -5.44. The topological polar surface area (TPSA) is 26.0 Å². The molecule has 0 radical (unpaired) electrons. The molecular weight excluding hydrogens is 248 g/mol. The number of hydrogen-bond acceptors (Lipinski definition) is 1. The lowest BCUT2D eigenvalue weighted by Crippen LogP contribution is -2.44. The number of anilines is 1. The molecule has 0 heterocycles. The van der Waals surface area contributed by atoms with Crippen molar-refractivity contribution >= 4 is 5.69 Å². The lowest BCUT2D eigenvalue weighted by Gasteiger charge is -2.26. The maximum Gasteiger partial charge on any atom is 0.373 e. The molecule has 0 aromatic heterocycles. The third-order valence-electron chi connectivity index (χ3n) is 2.33. The molecule has 0 amide bonds. The Morgan fingerprint density at radius 2 is 1.65 bits per heavy atom. The van der Waals surface area contributed by atoms with E-state index in [1.807, 2.05) is 0 Å². The average Bonchev–Trinajstić information content (AvgIpc) is 2.21. The highest BCUT2D eigenvalue weighted by Gasteiger charge is 2.63. The second kappa shape index (κ2) is 4.12. The average molecular weight is 257 g/mol. The van der Waals surface area contributed by atoms with Crippen molar-refractivity contribution in [2.75, 3.05) is 5.73 Å². The van der Waals surface area contributed by atoms with Crippen LogP contribution in [0.2, 0.25) is 0 Å². The molecular formula is C10H9F6N. The number of rotatable bonds is 3. The number of nitrogen functional groups attached to an aromatic ring is 1. The fourth-order valence-electron chi connectivity index (χ4n) is 1.17. The van der Waals surface area contributed by atoms with Gasteiger partial charge in [-0.15, -0.1) is 0 Å². The molecule has 0 aliphatic heterocycles. The lowest BCUT2D eigenvalue weighted by molar-refractivity contribution is -0.270. The highest BCUT2D eigenvalue weighted by atomic mass is 19.3. The summed E-state index contributed by atoms with van der Waals surface area (Å²) in [6.45, 7) is 1.47. The van der Waals surface area contributed by atoms with Gasteiger partial charge in [-0.25, -0.2) is 8.78 Å². The van der Waals surface area contributed by atoms with E-state index in [1.54, 1.807) is 0 Å². The zero-order chi connectivity index (χ0) is 13.4. The van der Waals surface area contributed by atoms with E-state index < -0.39 is 23.8 Å². The van der Waals surface area contributed by atoms with Crippen LogP contribution in [-0.4, -0.2) is 12.3 Å². The Kier molecular flexibility index (Phi) is 3.31. The molecule has 0 aliphatic carbocycles. The predicted octanol–water partition coefficient (Wildman–Crippen LogP) is 3.57. The number of halogens is 6. The first-order chi connectivity index (χ1) is 7.60. The van der Waals surface area contributed by atoms with E-state index in [0.29, 0.717) is 17.7 Å². The van der Waals surface area contributed by atoms with E-state index in [2.05, 4.69) is 0 Å². The number of nitrogens with two attached hydrogens (primary N) is 1. The van der Waals surface area contributed by atoms with Gasteiger partial charge in [-0.05, 0) is 18.6 Å². The van der Waals surface area contributed by atoms with Gasteiger partial charge < -0.3 is 5.73 Å². The Balaban J connectivity index is 3.25. The molecule has 0 spiro atoms. The van der Waals surface area contributed by atoms with Gasteiger partial charge in [0.25, 0.3) is 0 Å². The summed E-state index contributed by atoms with van der Waals surface area (Å²) in [6.07, 6.45) is -4.46. The van der Waals surface area contributed by atoms with Gasteiger partial charge in [0.05, 0.1) is 0 Å². The zero-order valence-electron chi connectivity index (χ0n) is 8.65. The SMILES string of the molecule is Cc1ccc(C(F)(F)C(F)(F)C(F)F)cc1N. The van der Waals surface area contributed by atoms with Crippen molar-refractivity contribution in [3.05, 3.63) is 29.3 Å². The summed E-state index contributed by atoms with van der Waals surface area (Å²) in [5, 5.41) is 0. The van der Waals surface area contributed by atoms with E-state index >= 15 is 0 Å². The van der Waals surface area contributed by atoms with E-state index in [4.69, 9.17) is 5.73 Å². The summed E-state index contributed by atoms with van der Waals surface area (Å²) in [6, 6.07) is 2.30. The van der Waals surface area contributed by atoms with Crippen LogP contribution in [0.4, 0.5) is 32.0 Å². The molecule has 1 rings (SSSR count). The van der Waals surface area contributed by atoms with Crippen LogP contribution in [0.1, 0.15) is 11.1 Å². The van der Waals surface area contributed by atoms with Gasteiger partial charge in [0.1, 0.15) is 0 Å². The van der Waals surface area contributed by atoms with Crippen molar-refractivity contribution in [3.63, 3.8) is 0 Å². The van der Waals surface area contributed by atoms with Crippen LogP contribution in [-0.2, 0) is 5.92 Å². The molecule has 0 saturated carbocycles. The highest BCUT2D eigenvalue weighted by Crippen LogP contribution is 2.46. The Hall–Kier alpha value is -1.40. The summed E-state index contributed by atoms with van der Waals surface area (Å²) in [7, 11) is 0. The maximum atomic E-state index is 13.2. The minimum Gasteiger partial charge on any atom is -0.399 e. The quantitative estimate of drug-likeness (QED) is 0.650. The van der Waals surface area contributed by atoms with Crippen LogP contribution in [0.25, 0.3) is 0 Å². The van der Waals surface area contributed by atoms with Gasteiger partial charge in [-0.2, -0.15) is 17.6 Å². The summed E-state index contributed by atoms with van der Waals surface area (Å²) < 4.78 is 75.6. The molecule has 2 N–H and O–H groups in total. The molecule has 0 bridgehead atoms. The van der Waals surface area contributed by atoms with Crippen molar-refractivity contribution in [3.8, 4) is 0 Å². The maximum absolute atomic E-state index is 13.2. The molecule has 0 aliphatic rings. The molecule has 0 atom stereocenters. The van der Waals surface area contributed by atoms with E-state index in [-0.39, 0.29) is 5.69 Å². The van der Waals surface area contributed by atoms with Crippen molar-refractivity contribution in [1.29, 1.82) is 0 Å². The van der Waals surface area contributed by atoms with Crippen molar-refractivity contribution in [2.45, 2.75) is 25.2 Å². The minimum absolute atomic E-state index is 0.160. The van der Waals surface area contributed by atoms with Gasteiger partial charge in [-0.1, -0.05) is 12.1 Å². The second-order valence-electron chi connectivity index (χ2n) is 3.57. The van der Waals surface area contributed by atoms with Crippen LogP contribution < -0.4 is 5.73 Å². The summed E-state index contributed by atoms with van der Waals surface area (Å²) >= 11 is 0. The molecule has 0 unspecified atom stereocenters. The van der Waals surface area contributed by atoms with Gasteiger partial charge in [0.2, 0.25) is 0 Å². The van der Waals surface area contributed by atoms with Gasteiger partial charge in [0, 0.05) is 11.3 Å². The molecule has 1 aromatic rings. The highest BCUT2D eigenvalue weighted by molar-refractivity contribution is 5.49. The summed E-state index contributed by atoms with van der Waals surface area (Å²) in [4.78, 5) is 0. The molecule has 96 valence electrons. The number of hydrogen-bond donors (Lipinski definition) is 1. The lowest BCUT2D eigenvalue weighted by atomic mass is 10.00. The van der Waals surface area contributed by atoms with Crippen LogP contribution >= 0.6 is 0 Å². The zero-order valence-corrected chi connectivity index (χ0v) is 8.65. The Labute approximate surface area is 93.2 Å². The summed E-state index contributed by atoms with van der Waals surface area (Å²) in [5.74, 6) is -10.4. The first-order valence-corrected chi connectivity index (χ1v) is 4.51. The first-order valence-electron chi connectivity index (χ1n) is 4.51. The number of benzene rings is 1. The Bertz CT molecular complexity index is 415.